The minimum atomic E-state index is -0.00203. The van der Waals surface area contributed by atoms with Crippen LogP contribution in [-0.4, -0.2) is 48.5 Å². The Kier molecular flexibility index (Phi) is 6.68. The number of amides is 1. The molecule has 6 nitrogen and oxygen atoms in total. The number of carbonyl (C=O) groups excluding carboxylic acids is 1. The maximum absolute atomic E-state index is 11.9. The van der Waals surface area contributed by atoms with Gasteiger partial charge in [-0.1, -0.05) is 29.4 Å². The zero-order chi connectivity index (χ0) is 15.8. The van der Waals surface area contributed by atoms with Gasteiger partial charge in [0.25, 0.3) is 0 Å². The molecule has 6 heteroatoms. The smallest absolute Gasteiger partial charge is 0.224 e. The van der Waals surface area contributed by atoms with Crippen LogP contribution in [0.4, 0.5) is 0 Å². The number of rotatable bonds is 7. The van der Waals surface area contributed by atoms with E-state index in [1.54, 1.807) is 24.3 Å². The summed E-state index contributed by atoms with van der Waals surface area (Å²) in [7, 11) is 4.02. The van der Waals surface area contributed by atoms with Gasteiger partial charge in [-0.3, -0.25) is 4.79 Å². The average molecular weight is 292 g/mol. The van der Waals surface area contributed by atoms with Crippen molar-refractivity contribution in [3.8, 4) is 0 Å². The van der Waals surface area contributed by atoms with Gasteiger partial charge in [0.05, 0.1) is 6.42 Å². The van der Waals surface area contributed by atoms with Gasteiger partial charge in [-0.15, -0.1) is 0 Å². The number of carbonyl (C=O) groups is 1. The van der Waals surface area contributed by atoms with Crippen LogP contribution >= 0.6 is 0 Å². The Morgan fingerprint density at radius 3 is 2.52 bits per heavy atom. The maximum atomic E-state index is 11.9. The molecule has 1 unspecified atom stereocenters. The standard InChI is InChI=1S/C15H24N4O2/c1-11(8-9-19(2)3)17-14(20)10-12-4-6-13(7-5-12)15(16)18-21/h4-7,11,21H,8-10H2,1-3H3,(H2,16,18)(H,17,20). The number of nitrogens with two attached hydrogens (primary N) is 1. The summed E-state index contributed by atoms with van der Waals surface area (Å²) < 4.78 is 0. The molecule has 4 N–H and O–H groups in total. The van der Waals surface area contributed by atoms with Crippen LogP contribution in [0.25, 0.3) is 0 Å². The van der Waals surface area contributed by atoms with Crippen LogP contribution in [0.1, 0.15) is 24.5 Å². The van der Waals surface area contributed by atoms with E-state index in [4.69, 9.17) is 10.9 Å². The van der Waals surface area contributed by atoms with E-state index in [0.717, 1.165) is 18.5 Å². The van der Waals surface area contributed by atoms with Crippen molar-refractivity contribution in [3.63, 3.8) is 0 Å². The maximum Gasteiger partial charge on any atom is 0.224 e. The Labute approximate surface area is 125 Å². The molecule has 0 aliphatic rings. The van der Waals surface area contributed by atoms with E-state index in [-0.39, 0.29) is 17.8 Å². The fourth-order valence-electron chi connectivity index (χ4n) is 1.89. The second-order valence-electron chi connectivity index (χ2n) is 5.42. The van der Waals surface area contributed by atoms with Gasteiger partial charge < -0.3 is 21.2 Å². The number of benzene rings is 1. The molecule has 0 aromatic heterocycles. The zero-order valence-electron chi connectivity index (χ0n) is 12.8. The van der Waals surface area contributed by atoms with Gasteiger partial charge in [-0.25, -0.2) is 0 Å². The Bertz CT molecular complexity index is 483. The number of oxime groups is 1. The van der Waals surface area contributed by atoms with Crippen LogP contribution < -0.4 is 11.1 Å². The first kappa shape index (κ1) is 17.0. The Morgan fingerprint density at radius 1 is 1.38 bits per heavy atom. The number of hydrogen-bond donors (Lipinski definition) is 3. The Hall–Kier alpha value is -2.08. The highest BCUT2D eigenvalue weighted by atomic mass is 16.4. The first-order valence-corrected chi connectivity index (χ1v) is 6.93. The van der Waals surface area contributed by atoms with Crippen molar-refractivity contribution in [3.05, 3.63) is 35.4 Å². The average Bonchev–Trinajstić information content (AvgIpc) is 2.45. The summed E-state index contributed by atoms with van der Waals surface area (Å²) in [5.41, 5.74) is 7.00. The number of amidine groups is 1. The highest BCUT2D eigenvalue weighted by Crippen LogP contribution is 2.05. The van der Waals surface area contributed by atoms with Gasteiger partial charge in [0.2, 0.25) is 5.91 Å². The predicted molar refractivity (Wildman–Crippen MR) is 83.4 cm³/mol. The normalized spacial score (nSPS) is 13.2. The van der Waals surface area contributed by atoms with Crippen molar-refractivity contribution in [1.82, 2.24) is 10.2 Å². The first-order chi connectivity index (χ1) is 9.92. The van der Waals surface area contributed by atoms with E-state index < -0.39 is 0 Å². The van der Waals surface area contributed by atoms with Crippen molar-refractivity contribution < 1.29 is 10.0 Å². The second kappa shape index (κ2) is 8.26. The van der Waals surface area contributed by atoms with Crippen LogP contribution in [0.3, 0.4) is 0 Å². The van der Waals surface area contributed by atoms with E-state index in [1.807, 2.05) is 21.0 Å². The van der Waals surface area contributed by atoms with Gasteiger partial charge in [0.1, 0.15) is 0 Å². The van der Waals surface area contributed by atoms with Crippen molar-refractivity contribution in [2.75, 3.05) is 20.6 Å². The lowest BCUT2D eigenvalue weighted by Crippen LogP contribution is -2.35. The van der Waals surface area contributed by atoms with E-state index >= 15 is 0 Å². The summed E-state index contributed by atoms with van der Waals surface area (Å²) in [5.74, 6) is 0.0566. The molecule has 0 radical (unpaired) electrons. The molecular formula is C15H24N4O2. The zero-order valence-corrected chi connectivity index (χ0v) is 12.8. The molecule has 116 valence electrons. The van der Waals surface area contributed by atoms with Gasteiger partial charge in [-0.05, 0) is 39.5 Å². The fraction of sp³-hybridized carbons (Fsp3) is 0.467. The molecule has 1 aromatic rings. The van der Waals surface area contributed by atoms with Crippen LogP contribution in [0.2, 0.25) is 0 Å². The highest BCUT2D eigenvalue weighted by Gasteiger charge is 2.09. The molecule has 0 fully saturated rings. The molecule has 1 amide bonds. The molecule has 1 atom stereocenters. The minimum absolute atomic E-state index is 0.00203. The molecule has 1 rings (SSSR count). The molecule has 0 saturated carbocycles. The highest BCUT2D eigenvalue weighted by molar-refractivity contribution is 5.97. The summed E-state index contributed by atoms with van der Waals surface area (Å²) in [6.07, 6.45) is 1.24. The largest absolute Gasteiger partial charge is 0.409 e. The van der Waals surface area contributed by atoms with Gasteiger partial charge in [0.15, 0.2) is 5.84 Å². The number of nitrogens with one attached hydrogen (secondary N) is 1. The predicted octanol–water partition coefficient (Wildman–Crippen LogP) is 0.780. The second-order valence-corrected chi connectivity index (χ2v) is 5.42. The molecule has 0 bridgehead atoms. The van der Waals surface area contributed by atoms with Crippen LogP contribution in [-0.2, 0) is 11.2 Å². The molecule has 0 saturated heterocycles. The Morgan fingerprint density at radius 2 is 2.00 bits per heavy atom. The summed E-state index contributed by atoms with van der Waals surface area (Å²) >= 11 is 0. The molecule has 0 spiro atoms. The fourth-order valence-corrected chi connectivity index (χ4v) is 1.89. The molecule has 0 aliphatic carbocycles. The van der Waals surface area contributed by atoms with Gasteiger partial charge in [0, 0.05) is 11.6 Å². The summed E-state index contributed by atoms with van der Waals surface area (Å²) in [6.45, 7) is 2.94. The SMILES string of the molecule is CC(CCN(C)C)NC(=O)Cc1ccc(C(N)=NO)cc1. The van der Waals surface area contributed by atoms with E-state index in [9.17, 15) is 4.79 Å². The van der Waals surface area contributed by atoms with Crippen LogP contribution in [0, 0.1) is 0 Å². The summed E-state index contributed by atoms with van der Waals surface area (Å²) in [5, 5.41) is 14.5. The monoisotopic (exact) mass is 292 g/mol. The quantitative estimate of drug-likeness (QED) is 0.300. The van der Waals surface area contributed by atoms with Gasteiger partial charge >= 0.3 is 0 Å². The third-order valence-corrected chi connectivity index (χ3v) is 3.14. The van der Waals surface area contributed by atoms with Crippen LogP contribution in [0.15, 0.2) is 29.4 Å². The first-order valence-electron chi connectivity index (χ1n) is 6.93. The Balaban J connectivity index is 2.47. The van der Waals surface area contributed by atoms with Crippen molar-refractivity contribution in [1.29, 1.82) is 0 Å². The van der Waals surface area contributed by atoms with E-state index in [2.05, 4.69) is 15.4 Å². The lowest BCUT2D eigenvalue weighted by molar-refractivity contribution is -0.121. The van der Waals surface area contributed by atoms with Gasteiger partial charge in [-0.2, -0.15) is 0 Å². The van der Waals surface area contributed by atoms with Crippen molar-refractivity contribution >= 4 is 11.7 Å². The lowest BCUT2D eigenvalue weighted by Gasteiger charge is -2.16. The molecular weight excluding hydrogens is 268 g/mol. The molecule has 0 aliphatic heterocycles. The summed E-state index contributed by atoms with van der Waals surface area (Å²) in [6, 6.07) is 7.21. The van der Waals surface area contributed by atoms with E-state index in [0.29, 0.717) is 12.0 Å². The molecule has 21 heavy (non-hydrogen) atoms. The number of hydrogen-bond acceptors (Lipinski definition) is 4. The van der Waals surface area contributed by atoms with Crippen molar-refractivity contribution in [2.45, 2.75) is 25.8 Å². The topological polar surface area (TPSA) is 91.0 Å². The number of nitrogens with zero attached hydrogens (tertiary/aromatic N) is 2. The van der Waals surface area contributed by atoms with Crippen molar-refractivity contribution in [2.24, 2.45) is 10.9 Å². The summed E-state index contributed by atoms with van der Waals surface area (Å²) in [4.78, 5) is 14.0. The minimum Gasteiger partial charge on any atom is -0.409 e. The molecule has 1 aromatic carbocycles. The van der Waals surface area contributed by atoms with Crippen LogP contribution in [0.5, 0.6) is 0 Å². The third-order valence-electron chi connectivity index (χ3n) is 3.14. The third kappa shape index (κ3) is 6.27. The molecule has 0 heterocycles. The van der Waals surface area contributed by atoms with E-state index in [1.165, 1.54) is 0 Å². The lowest BCUT2D eigenvalue weighted by atomic mass is 10.1.